The number of carbonyl (C=O) groups excluding carboxylic acids is 2. The van der Waals surface area contributed by atoms with Crippen LogP contribution in [0.15, 0.2) is 24.3 Å². The lowest BCUT2D eigenvalue weighted by Crippen LogP contribution is -2.30. The molecule has 1 aromatic rings. The maximum absolute atomic E-state index is 11.3. The second-order valence-electron chi connectivity index (χ2n) is 6.89. The predicted molar refractivity (Wildman–Crippen MR) is 96.6 cm³/mol. The number of amides is 2. The Morgan fingerprint density at radius 3 is 1.62 bits per heavy atom. The van der Waals surface area contributed by atoms with Crippen molar-refractivity contribution >= 4 is 29.5 Å². The van der Waals surface area contributed by atoms with Crippen molar-refractivity contribution < 1.29 is 19.1 Å². The van der Waals surface area contributed by atoms with Crippen LogP contribution in [0, 0.1) is 0 Å². The standard InChI is InChI=1S/C11H14ClNO2.C6H13NO2/c1-11(2,3)15-10(14)13-9-6-4-8(12)5-7-9;1-6(2,3)9-5(8)7-4/h4-7H,1-3H3,(H,13,14);1-4H3,(H,7,8). The van der Waals surface area contributed by atoms with Crippen molar-refractivity contribution in [1.82, 2.24) is 5.32 Å². The number of halogens is 1. The van der Waals surface area contributed by atoms with Crippen LogP contribution in [0.2, 0.25) is 5.02 Å². The molecule has 0 radical (unpaired) electrons. The first kappa shape index (κ1) is 22.1. The summed E-state index contributed by atoms with van der Waals surface area (Å²) in [5.41, 5.74) is -0.218. The van der Waals surface area contributed by atoms with Crippen LogP contribution in [0.25, 0.3) is 0 Å². The summed E-state index contributed by atoms with van der Waals surface area (Å²) in [5.74, 6) is 0. The smallest absolute Gasteiger partial charge is 0.412 e. The lowest BCUT2D eigenvalue weighted by molar-refractivity contribution is 0.0540. The first-order valence-corrected chi connectivity index (χ1v) is 7.86. The van der Waals surface area contributed by atoms with Crippen molar-refractivity contribution in [3.63, 3.8) is 0 Å². The minimum Gasteiger partial charge on any atom is -0.444 e. The molecule has 0 atom stereocenters. The number of hydrogen-bond acceptors (Lipinski definition) is 4. The van der Waals surface area contributed by atoms with Crippen molar-refractivity contribution in [3.8, 4) is 0 Å². The molecule has 0 aromatic heterocycles. The summed E-state index contributed by atoms with van der Waals surface area (Å²) in [6.07, 6.45) is -0.854. The fourth-order valence-electron chi connectivity index (χ4n) is 1.28. The van der Waals surface area contributed by atoms with Gasteiger partial charge in [-0.2, -0.15) is 0 Å². The quantitative estimate of drug-likeness (QED) is 0.753. The SMILES string of the molecule is CC(C)(C)OC(=O)Nc1ccc(Cl)cc1.CNC(=O)OC(C)(C)C. The summed E-state index contributed by atoms with van der Waals surface area (Å²) in [5, 5.41) is 5.60. The van der Waals surface area contributed by atoms with Gasteiger partial charge in [0.25, 0.3) is 0 Å². The molecule has 7 heteroatoms. The fourth-order valence-corrected chi connectivity index (χ4v) is 1.41. The molecule has 0 aliphatic carbocycles. The highest BCUT2D eigenvalue weighted by Gasteiger charge is 2.16. The van der Waals surface area contributed by atoms with Crippen molar-refractivity contribution in [2.24, 2.45) is 0 Å². The van der Waals surface area contributed by atoms with E-state index in [-0.39, 0.29) is 11.7 Å². The van der Waals surface area contributed by atoms with Gasteiger partial charge in [-0.15, -0.1) is 0 Å². The number of nitrogens with one attached hydrogen (secondary N) is 2. The molecule has 0 saturated carbocycles. The molecule has 136 valence electrons. The lowest BCUT2D eigenvalue weighted by atomic mass is 10.2. The normalized spacial score (nSPS) is 10.8. The Bertz CT molecular complexity index is 531. The van der Waals surface area contributed by atoms with Gasteiger partial charge in [-0.3, -0.25) is 5.32 Å². The van der Waals surface area contributed by atoms with E-state index in [4.69, 9.17) is 21.1 Å². The Kier molecular flexibility index (Phi) is 8.61. The maximum atomic E-state index is 11.3. The zero-order valence-corrected chi connectivity index (χ0v) is 16.1. The lowest BCUT2D eigenvalue weighted by Gasteiger charge is -2.19. The van der Waals surface area contributed by atoms with E-state index >= 15 is 0 Å². The number of benzene rings is 1. The Labute approximate surface area is 148 Å². The molecule has 0 spiro atoms. The average molecular weight is 359 g/mol. The van der Waals surface area contributed by atoms with Crippen molar-refractivity contribution in [1.29, 1.82) is 0 Å². The maximum Gasteiger partial charge on any atom is 0.412 e. The van der Waals surface area contributed by atoms with Crippen molar-refractivity contribution in [3.05, 3.63) is 29.3 Å². The number of alkyl carbamates (subject to hydrolysis) is 1. The predicted octanol–water partition coefficient (Wildman–Crippen LogP) is 4.83. The minimum atomic E-state index is -0.490. The highest BCUT2D eigenvalue weighted by molar-refractivity contribution is 6.30. The van der Waals surface area contributed by atoms with Crippen LogP contribution in [0.4, 0.5) is 15.3 Å². The summed E-state index contributed by atoms with van der Waals surface area (Å²) in [6, 6.07) is 6.83. The Balaban J connectivity index is 0.000000506. The summed E-state index contributed by atoms with van der Waals surface area (Å²) in [7, 11) is 1.54. The molecule has 2 N–H and O–H groups in total. The van der Waals surface area contributed by atoms with Gasteiger partial charge in [0, 0.05) is 17.8 Å². The number of ether oxygens (including phenoxy) is 2. The molecule has 24 heavy (non-hydrogen) atoms. The number of carbonyl (C=O) groups is 2. The van der Waals surface area contributed by atoms with E-state index in [1.54, 1.807) is 24.3 Å². The third-order valence-electron chi connectivity index (χ3n) is 2.09. The summed E-state index contributed by atoms with van der Waals surface area (Å²) < 4.78 is 9.93. The van der Waals surface area contributed by atoms with E-state index < -0.39 is 11.7 Å². The Hall–Kier alpha value is -1.95. The third kappa shape index (κ3) is 12.6. The first-order valence-electron chi connectivity index (χ1n) is 7.49. The highest BCUT2D eigenvalue weighted by atomic mass is 35.5. The molecule has 0 heterocycles. The second-order valence-corrected chi connectivity index (χ2v) is 7.32. The van der Waals surface area contributed by atoms with Crippen LogP contribution in [0.3, 0.4) is 0 Å². The molecule has 0 saturated heterocycles. The molecule has 1 aromatic carbocycles. The molecule has 6 nitrogen and oxygen atoms in total. The number of hydrogen-bond donors (Lipinski definition) is 2. The fraction of sp³-hybridized carbons (Fsp3) is 0.529. The van der Waals surface area contributed by atoms with Crippen LogP contribution in [0.5, 0.6) is 0 Å². The molecule has 0 aliphatic heterocycles. The Morgan fingerprint density at radius 1 is 0.875 bits per heavy atom. The van der Waals surface area contributed by atoms with Gasteiger partial charge in [0.2, 0.25) is 0 Å². The van der Waals surface area contributed by atoms with Gasteiger partial charge in [-0.1, -0.05) is 11.6 Å². The second kappa shape index (κ2) is 9.37. The summed E-state index contributed by atoms with van der Waals surface area (Å²) in [4.78, 5) is 21.8. The summed E-state index contributed by atoms with van der Waals surface area (Å²) in [6.45, 7) is 10.9. The summed E-state index contributed by atoms with van der Waals surface area (Å²) >= 11 is 5.71. The molecule has 0 unspecified atom stereocenters. The van der Waals surface area contributed by atoms with Crippen molar-refractivity contribution in [2.45, 2.75) is 52.7 Å². The van der Waals surface area contributed by atoms with E-state index in [0.717, 1.165) is 0 Å². The van der Waals surface area contributed by atoms with Crippen LogP contribution in [-0.2, 0) is 9.47 Å². The monoisotopic (exact) mass is 358 g/mol. The molecule has 0 fully saturated rings. The largest absolute Gasteiger partial charge is 0.444 e. The van der Waals surface area contributed by atoms with E-state index in [1.807, 2.05) is 41.5 Å². The Morgan fingerprint density at radius 2 is 1.29 bits per heavy atom. The zero-order chi connectivity index (χ0) is 19.0. The highest BCUT2D eigenvalue weighted by Crippen LogP contribution is 2.15. The van der Waals surface area contributed by atoms with E-state index in [9.17, 15) is 9.59 Å². The third-order valence-corrected chi connectivity index (χ3v) is 2.34. The molecule has 0 aliphatic rings. The molecule has 1 rings (SSSR count). The van der Waals surface area contributed by atoms with Gasteiger partial charge in [-0.05, 0) is 65.8 Å². The average Bonchev–Trinajstić information content (AvgIpc) is 2.38. The molecule has 0 bridgehead atoms. The minimum absolute atomic E-state index is 0.387. The number of anilines is 1. The van der Waals surface area contributed by atoms with Gasteiger partial charge in [-0.25, -0.2) is 9.59 Å². The van der Waals surface area contributed by atoms with Crippen molar-refractivity contribution in [2.75, 3.05) is 12.4 Å². The van der Waals surface area contributed by atoms with Gasteiger partial charge in [0.15, 0.2) is 0 Å². The van der Waals surface area contributed by atoms with E-state index in [2.05, 4.69) is 10.6 Å². The zero-order valence-electron chi connectivity index (χ0n) is 15.3. The van der Waals surface area contributed by atoms with Crippen LogP contribution < -0.4 is 10.6 Å². The molecule has 2 amide bonds. The van der Waals surface area contributed by atoms with Gasteiger partial charge in [0.05, 0.1) is 0 Å². The van der Waals surface area contributed by atoms with E-state index in [0.29, 0.717) is 10.7 Å². The first-order chi connectivity index (χ1) is 10.8. The van der Waals surface area contributed by atoms with Crippen LogP contribution in [0.1, 0.15) is 41.5 Å². The molecular weight excluding hydrogens is 332 g/mol. The van der Waals surface area contributed by atoms with Crippen LogP contribution >= 0.6 is 11.6 Å². The molecular formula is C17H27ClN2O4. The van der Waals surface area contributed by atoms with Crippen LogP contribution in [-0.4, -0.2) is 30.4 Å². The van der Waals surface area contributed by atoms with Gasteiger partial charge < -0.3 is 14.8 Å². The topological polar surface area (TPSA) is 76.7 Å². The van der Waals surface area contributed by atoms with Gasteiger partial charge in [0.1, 0.15) is 11.2 Å². The number of rotatable bonds is 1. The van der Waals surface area contributed by atoms with Gasteiger partial charge >= 0.3 is 12.2 Å². The van der Waals surface area contributed by atoms with E-state index in [1.165, 1.54) is 7.05 Å².